The summed E-state index contributed by atoms with van der Waals surface area (Å²) in [5, 5.41) is 7.15. The van der Waals surface area contributed by atoms with Crippen molar-refractivity contribution < 1.29 is 17.9 Å². The smallest absolute Gasteiger partial charge is 0.255 e. The van der Waals surface area contributed by atoms with Crippen molar-refractivity contribution in [1.82, 2.24) is 19.5 Å². The number of amides is 1. The monoisotopic (exact) mass is 455 g/mol. The molecule has 0 saturated carbocycles. The predicted molar refractivity (Wildman–Crippen MR) is 119 cm³/mol. The number of sulfonamides is 1. The SMILES string of the molecule is Cc1cc(C)n(-c2ccc(NC(=O)c3ccc(S(=O)(=O)NCC4CCCO4)cc3)cn2)n1. The summed E-state index contributed by atoms with van der Waals surface area (Å²) in [5.41, 5.74) is 2.72. The molecule has 4 rings (SSSR count). The third-order valence-corrected chi connectivity index (χ3v) is 6.62. The van der Waals surface area contributed by atoms with Gasteiger partial charge in [0.15, 0.2) is 5.82 Å². The highest BCUT2D eigenvalue weighted by Gasteiger charge is 2.20. The van der Waals surface area contributed by atoms with Gasteiger partial charge >= 0.3 is 0 Å². The van der Waals surface area contributed by atoms with E-state index < -0.39 is 10.0 Å². The molecule has 1 aliphatic heterocycles. The minimum absolute atomic E-state index is 0.0870. The number of aromatic nitrogens is 3. The number of ether oxygens (including phenoxy) is 1. The van der Waals surface area contributed by atoms with Gasteiger partial charge in [-0.05, 0) is 69.2 Å². The van der Waals surface area contributed by atoms with Crippen LogP contribution in [0.3, 0.4) is 0 Å². The molecule has 168 valence electrons. The van der Waals surface area contributed by atoms with Crippen molar-refractivity contribution in [3.8, 4) is 5.82 Å². The van der Waals surface area contributed by atoms with E-state index in [1.165, 1.54) is 24.3 Å². The molecule has 0 bridgehead atoms. The third kappa shape index (κ3) is 5.04. The van der Waals surface area contributed by atoms with Crippen molar-refractivity contribution in [2.75, 3.05) is 18.5 Å². The van der Waals surface area contributed by atoms with Crippen molar-refractivity contribution in [1.29, 1.82) is 0 Å². The summed E-state index contributed by atoms with van der Waals surface area (Å²) in [6.07, 6.45) is 3.25. The van der Waals surface area contributed by atoms with E-state index in [9.17, 15) is 13.2 Å². The van der Waals surface area contributed by atoms with E-state index in [1.807, 2.05) is 19.9 Å². The van der Waals surface area contributed by atoms with E-state index in [2.05, 4.69) is 20.1 Å². The molecule has 1 saturated heterocycles. The Bertz CT molecular complexity index is 1200. The lowest BCUT2D eigenvalue weighted by Crippen LogP contribution is -2.31. The zero-order valence-corrected chi connectivity index (χ0v) is 18.7. The predicted octanol–water partition coefficient (Wildman–Crippen LogP) is 2.59. The van der Waals surface area contributed by atoms with Crippen LogP contribution < -0.4 is 10.0 Å². The Morgan fingerprint density at radius 3 is 2.56 bits per heavy atom. The number of aryl methyl sites for hydroxylation is 2. The maximum Gasteiger partial charge on any atom is 0.255 e. The molecule has 0 radical (unpaired) electrons. The Hall–Kier alpha value is -3.08. The number of benzene rings is 1. The zero-order valence-electron chi connectivity index (χ0n) is 17.9. The average molecular weight is 456 g/mol. The maximum absolute atomic E-state index is 12.5. The van der Waals surface area contributed by atoms with E-state index in [0.717, 1.165) is 24.2 Å². The third-order valence-electron chi connectivity index (χ3n) is 5.18. The van der Waals surface area contributed by atoms with Crippen LogP contribution in [0.2, 0.25) is 0 Å². The van der Waals surface area contributed by atoms with Crippen molar-refractivity contribution in [2.24, 2.45) is 0 Å². The Morgan fingerprint density at radius 1 is 1.19 bits per heavy atom. The average Bonchev–Trinajstić information content (AvgIpc) is 3.42. The molecule has 10 heteroatoms. The molecular formula is C22H25N5O4S. The van der Waals surface area contributed by atoms with Crippen LogP contribution in [0.5, 0.6) is 0 Å². The number of rotatable bonds is 7. The first-order chi connectivity index (χ1) is 15.3. The van der Waals surface area contributed by atoms with Gasteiger partial charge in [-0.2, -0.15) is 5.10 Å². The minimum atomic E-state index is -3.66. The lowest BCUT2D eigenvalue weighted by molar-refractivity contribution is 0.102. The number of nitrogens with zero attached hydrogens (tertiary/aromatic N) is 3. The summed E-state index contributed by atoms with van der Waals surface area (Å²) >= 11 is 0. The number of carbonyl (C=O) groups is 1. The van der Waals surface area contributed by atoms with Gasteiger partial charge in [-0.25, -0.2) is 22.8 Å². The number of nitrogens with one attached hydrogen (secondary N) is 2. The molecule has 1 atom stereocenters. The first kappa shape index (κ1) is 22.1. The molecule has 1 unspecified atom stereocenters. The number of hydrogen-bond acceptors (Lipinski definition) is 6. The van der Waals surface area contributed by atoms with Gasteiger partial charge in [0.25, 0.3) is 5.91 Å². The highest BCUT2D eigenvalue weighted by Crippen LogP contribution is 2.16. The number of pyridine rings is 1. The van der Waals surface area contributed by atoms with Crippen molar-refractivity contribution in [2.45, 2.75) is 37.7 Å². The molecule has 1 aliphatic rings. The summed E-state index contributed by atoms with van der Waals surface area (Å²) in [5.74, 6) is 0.292. The fourth-order valence-electron chi connectivity index (χ4n) is 3.53. The minimum Gasteiger partial charge on any atom is -0.377 e. The first-order valence-corrected chi connectivity index (χ1v) is 11.8. The summed E-state index contributed by atoms with van der Waals surface area (Å²) in [7, 11) is -3.66. The fraction of sp³-hybridized carbons (Fsp3) is 0.318. The summed E-state index contributed by atoms with van der Waals surface area (Å²) in [6, 6.07) is 11.3. The van der Waals surface area contributed by atoms with E-state index >= 15 is 0 Å². The van der Waals surface area contributed by atoms with E-state index in [-0.39, 0.29) is 23.5 Å². The standard InChI is InChI=1S/C22H25N5O4S/c1-15-12-16(2)27(26-15)21-10-7-18(13-23-21)25-22(28)17-5-8-20(9-6-17)32(29,30)24-14-19-4-3-11-31-19/h5-10,12-13,19,24H,3-4,11,14H2,1-2H3,(H,25,28). The highest BCUT2D eigenvalue weighted by molar-refractivity contribution is 7.89. The quantitative estimate of drug-likeness (QED) is 0.566. The van der Waals surface area contributed by atoms with Gasteiger partial charge in [0.05, 0.1) is 28.6 Å². The lowest BCUT2D eigenvalue weighted by atomic mass is 10.2. The van der Waals surface area contributed by atoms with Crippen LogP contribution in [0.15, 0.2) is 53.6 Å². The summed E-state index contributed by atoms with van der Waals surface area (Å²) in [6.45, 7) is 4.76. The van der Waals surface area contributed by atoms with Gasteiger partial charge in [-0.1, -0.05) is 0 Å². The normalized spacial score (nSPS) is 16.2. The molecule has 0 spiro atoms. The van der Waals surface area contributed by atoms with Crippen LogP contribution in [-0.2, 0) is 14.8 Å². The molecular weight excluding hydrogens is 430 g/mol. The van der Waals surface area contributed by atoms with Gasteiger partial charge < -0.3 is 10.1 Å². The number of hydrogen-bond donors (Lipinski definition) is 2. The molecule has 32 heavy (non-hydrogen) atoms. The zero-order chi connectivity index (χ0) is 22.7. The van der Waals surface area contributed by atoms with Crippen LogP contribution in [0, 0.1) is 13.8 Å². The molecule has 1 fully saturated rings. The van der Waals surface area contributed by atoms with Crippen molar-refractivity contribution in [3.05, 3.63) is 65.6 Å². The van der Waals surface area contributed by atoms with E-state index in [4.69, 9.17) is 4.74 Å². The number of carbonyl (C=O) groups excluding carboxylic acids is 1. The second-order valence-corrected chi connectivity index (χ2v) is 9.48. The van der Waals surface area contributed by atoms with Crippen LogP contribution in [0.4, 0.5) is 5.69 Å². The Balaban J connectivity index is 1.38. The van der Waals surface area contributed by atoms with Crippen LogP contribution in [-0.4, -0.2) is 48.3 Å². The van der Waals surface area contributed by atoms with Crippen LogP contribution in [0.25, 0.3) is 5.82 Å². The second-order valence-electron chi connectivity index (χ2n) is 7.71. The summed E-state index contributed by atoms with van der Waals surface area (Å²) < 4.78 is 34.6. The summed E-state index contributed by atoms with van der Waals surface area (Å²) in [4.78, 5) is 17.0. The van der Waals surface area contributed by atoms with Crippen molar-refractivity contribution in [3.63, 3.8) is 0 Å². The second kappa shape index (κ2) is 9.19. The van der Waals surface area contributed by atoms with Crippen LogP contribution >= 0.6 is 0 Å². The molecule has 9 nitrogen and oxygen atoms in total. The van der Waals surface area contributed by atoms with Gasteiger partial charge in [0, 0.05) is 24.4 Å². The Kier molecular flexibility index (Phi) is 6.35. The highest BCUT2D eigenvalue weighted by atomic mass is 32.2. The molecule has 1 amide bonds. The van der Waals surface area contributed by atoms with E-state index in [1.54, 1.807) is 23.0 Å². The Morgan fingerprint density at radius 2 is 1.97 bits per heavy atom. The van der Waals surface area contributed by atoms with Gasteiger partial charge in [-0.15, -0.1) is 0 Å². The van der Waals surface area contributed by atoms with Gasteiger partial charge in [0.2, 0.25) is 10.0 Å². The topological polar surface area (TPSA) is 115 Å². The molecule has 2 N–H and O–H groups in total. The largest absolute Gasteiger partial charge is 0.377 e. The molecule has 1 aromatic carbocycles. The Labute approximate surface area is 186 Å². The molecule has 2 aromatic heterocycles. The first-order valence-electron chi connectivity index (χ1n) is 10.3. The molecule has 3 aromatic rings. The van der Waals surface area contributed by atoms with Crippen molar-refractivity contribution >= 4 is 21.6 Å². The van der Waals surface area contributed by atoms with Gasteiger partial charge in [0.1, 0.15) is 0 Å². The lowest BCUT2D eigenvalue weighted by Gasteiger charge is -2.12. The van der Waals surface area contributed by atoms with Gasteiger partial charge in [-0.3, -0.25) is 4.79 Å². The maximum atomic E-state index is 12.5. The van der Waals surface area contributed by atoms with Crippen LogP contribution in [0.1, 0.15) is 34.6 Å². The fourth-order valence-corrected chi connectivity index (χ4v) is 4.59. The van der Waals surface area contributed by atoms with E-state index in [0.29, 0.717) is 23.7 Å². The number of anilines is 1. The molecule has 3 heterocycles. The molecule has 0 aliphatic carbocycles.